The molecular formula is C5H13N. The van der Waals surface area contributed by atoms with Crippen LogP contribution in [0.15, 0.2) is 12.2 Å². The fraction of sp³-hybridized carbons (Fsp3) is 0.600. The Balaban J connectivity index is 0. The van der Waals surface area contributed by atoms with Crippen LogP contribution in [0.5, 0.6) is 0 Å². The Kier molecular flexibility index (Phi) is 34.1. The van der Waals surface area contributed by atoms with Gasteiger partial charge in [-0.3, -0.25) is 0 Å². The Bertz CT molecular complexity index is 19.1. The van der Waals surface area contributed by atoms with Gasteiger partial charge in [0.2, 0.25) is 0 Å². The molecule has 0 aliphatic heterocycles. The van der Waals surface area contributed by atoms with Gasteiger partial charge >= 0.3 is 0 Å². The SMILES string of the molecule is C/C=C\C.CN. The number of hydrogen-bond donors (Lipinski definition) is 1. The topological polar surface area (TPSA) is 26.0 Å². The summed E-state index contributed by atoms with van der Waals surface area (Å²) in [6.45, 7) is 4.00. The van der Waals surface area contributed by atoms with Gasteiger partial charge in [0, 0.05) is 0 Å². The average Bonchev–Trinajstić information content (AvgIpc) is 1.72. The maximum Gasteiger partial charge on any atom is -0.0195 e. The number of nitrogens with two attached hydrogens (primary N) is 1. The molecule has 0 heterocycles. The molecule has 0 bridgehead atoms. The predicted octanol–water partition coefficient (Wildman–Crippen LogP) is 1.16. The quantitative estimate of drug-likeness (QED) is 0.441. The van der Waals surface area contributed by atoms with E-state index < -0.39 is 0 Å². The molecule has 0 saturated carbocycles. The molecular weight excluding hydrogens is 74.1 g/mol. The van der Waals surface area contributed by atoms with E-state index in [0.717, 1.165) is 0 Å². The van der Waals surface area contributed by atoms with Crippen LogP contribution in [0.1, 0.15) is 13.8 Å². The Hall–Kier alpha value is -0.300. The number of hydrogen-bond acceptors (Lipinski definition) is 1. The summed E-state index contributed by atoms with van der Waals surface area (Å²) in [4.78, 5) is 0. The van der Waals surface area contributed by atoms with Crippen molar-refractivity contribution in [3.05, 3.63) is 12.2 Å². The van der Waals surface area contributed by atoms with Gasteiger partial charge in [-0.25, -0.2) is 0 Å². The highest BCUT2D eigenvalue weighted by Crippen LogP contribution is 1.57. The summed E-state index contributed by atoms with van der Waals surface area (Å²) in [5.41, 5.74) is 4.50. The van der Waals surface area contributed by atoms with E-state index in [-0.39, 0.29) is 0 Å². The summed E-state index contributed by atoms with van der Waals surface area (Å²) in [5.74, 6) is 0. The lowest BCUT2D eigenvalue weighted by atomic mass is 10.6. The molecule has 0 aliphatic carbocycles. The lowest BCUT2D eigenvalue weighted by molar-refractivity contribution is 1.48. The summed E-state index contributed by atoms with van der Waals surface area (Å²) in [6, 6.07) is 0. The molecule has 0 aromatic heterocycles. The van der Waals surface area contributed by atoms with E-state index in [0.29, 0.717) is 0 Å². The van der Waals surface area contributed by atoms with Crippen molar-refractivity contribution in [2.24, 2.45) is 5.73 Å². The van der Waals surface area contributed by atoms with Crippen molar-refractivity contribution in [3.63, 3.8) is 0 Å². The first-order valence-electron chi connectivity index (χ1n) is 2.07. The Labute approximate surface area is 39.9 Å². The zero-order valence-corrected chi connectivity index (χ0v) is 4.73. The van der Waals surface area contributed by atoms with Gasteiger partial charge in [-0.2, -0.15) is 0 Å². The third kappa shape index (κ3) is 55.0. The van der Waals surface area contributed by atoms with E-state index in [2.05, 4.69) is 5.73 Å². The zero-order chi connectivity index (χ0) is 5.41. The van der Waals surface area contributed by atoms with Gasteiger partial charge in [0.1, 0.15) is 0 Å². The molecule has 0 atom stereocenters. The summed E-state index contributed by atoms with van der Waals surface area (Å²) >= 11 is 0. The third-order valence-corrected chi connectivity index (χ3v) is 0.333. The van der Waals surface area contributed by atoms with Gasteiger partial charge in [0.15, 0.2) is 0 Å². The van der Waals surface area contributed by atoms with Crippen molar-refractivity contribution in [2.45, 2.75) is 13.8 Å². The second-order valence-electron chi connectivity index (χ2n) is 0.667. The molecule has 6 heavy (non-hydrogen) atoms. The Morgan fingerprint density at radius 2 is 1.17 bits per heavy atom. The molecule has 38 valence electrons. The van der Waals surface area contributed by atoms with E-state index in [1.807, 2.05) is 26.0 Å². The molecule has 0 fully saturated rings. The Morgan fingerprint density at radius 3 is 1.17 bits per heavy atom. The summed E-state index contributed by atoms with van der Waals surface area (Å²) in [7, 11) is 1.50. The van der Waals surface area contributed by atoms with Crippen LogP contribution in [0.3, 0.4) is 0 Å². The van der Waals surface area contributed by atoms with Gasteiger partial charge in [0.05, 0.1) is 0 Å². The molecule has 0 unspecified atom stereocenters. The van der Waals surface area contributed by atoms with Gasteiger partial charge in [-0.1, -0.05) is 12.2 Å². The molecule has 0 saturated heterocycles. The monoisotopic (exact) mass is 87.1 g/mol. The second kappa shape index (κ2) is 22.3. The van der Waals surface area contributed by atoms with Crippen molar-refractivity contribution in [2.75, 3.05) is 7.05 Å². The molecule has 1 heteroatoms. The highest BCUT2D eigenvalue weighted by molar-refractivity contribution is 4.68. The average molecular weight is 87.2 g/mol. The van der Waals surface area contributed by atoms with Crippen LogP contribution in [0.4, 0.5) is 0 Å². The van der Waals surface area contributed by atoms with Crippen molar-refractivity contribution in [3.8, 4) is 0 Å². The van der Waals surface area contributed by atoms with Crippen LogP contribution >= 0.6 is 0 Å². The maximum absolute atomic E-state index is 4.50. The largest absolute Gasteiger partial charge is 0.333 e. The maximum atomic E-state index is 4.50. The smallest absolute Gasteiger partial charge is 0.0195 e. The fourth-order valence-corrected chi connectivity index (χ4v) is 0. The van der Waals surface area contributed by atoms with E-state index >= 15 is 0 Å². The molecule has 0 spiro atoms. The molecule has 0 aromatic rings. The standard InChI is InChI=1S/C4H8.CH5N/c1-3-4-2;1-2/h3-4H,1-2H3;2H2,1H3/b4-3-;. The van der Waals surface area contributed by atoms with Gasteiger partial charge in [0.25, 0.3) is 0 Å². The van der Waals surface area contributed by atoms with Crippen LogP contribution < -0.4 is 5.73 Å². The summed E-state index contributed by atoms with van der Waals surface area (Å²) < 4.78 is 0. The van der Waals surface area contributed by atoms with Crippen molar-refractivity contribution >= 4 is 0 Å². The summed E-state index contributed by atoms with van der Waals surface area (Å²) in [5, 5.41) is 0. The van der Waals surface area contributed by atoms with Crippen LogP contribution in [0.25, 0.3) is 0 Å². The van der Waals surface area contributed by atoms with E-state index in [9.17, 15) is 0 Å². The highest BCUT2D eigenvalue weighted by atomic mass is 14.4. The van der Waals surface area contributed by atoms with Crippen molar-refractivity contribution in [1.82, 2.24) is 0 Å². The van der Waals surface area contributed by atoms with Crippen LogP contribution in [0.2, 0.25) is 0 Å². The molecule has 0 aliphatic rings. The fourth-order valence-electron chi connectivity index (χ4n) is 0. The minimum atomic E-state index is 1.50. The predicted molar refractivity (Wildman–Crippen MR) is 30.6 cm³/mol. The Morgan fingerprint density at radius 1 is 1.00 bits per heavy atom. The molecule has 1 nitrogen and oxygen atoms in total. The molecule has 2 N–H and O–H groups in total. The van der Waals surface area contributed by atoms with Crippen LogP contribution in [-0.2, 0) is 0 Å². The molecule has 0 radical (unpaired) electrons. The van der Waals surface area contributed by atoms with Crippen LogP contribution in [-0.4, -0.2) is 7.05 Å². The van der Waals surface area contributed by atoms with Crippen molar-refractivity contribution in [1.29, 1.82) is 0 Å². The first-order chi connectivity index (χ1) is 2.91. The lowest BCUT2D eigenvalue weighted by Crippen LogP contribution is -1.69. The summed E-state index contributed by atoms with van der Waals surface area (Å²) in [6.07, 6.45) is 4.00. The first kappa shape index (κ1) is 9.20. The normalized spacial score (nSPS) is 7.33. The highest BCUT2D eigenvalue weighted by Gasteiger charge is 1.34. The van der Waals surface area contributed by atoms with Gasteiger partial charge < -0.3 is 5.73 Å². The molecule has 0 amide bonds. The van der Waals surface area contributed by atoms with E-state index in [1.54, 1.807) is 0 Å². The lowest BCUT2D eigenvalue weighted by Gasteiger charge is -1.49. The molecule has 0 rings (SSSR count). The first-order valence-corrected chi connectivity index (χ1v) is 2.07. The minimum Gasteiger partial charge on any atom is -0.333 e. The minimum absolute atomic E-state index is 1.50. The van der Waals surface area contributed by atoms with E-state index in [1.165, 1.54) is 7.05 Å². The zero-order valence-electron chi connectivity index (χ0n) is 4.73. The van der Waals surface area contributed by atoms with Gasteiger partial charge in [-0.05, 0) is 20.9 Å². The third-order valence-electron chi connectivity index (χ3n) is 0.333. The van der Waals surface area contributed by atoms with E-state index in [4.69, 9.17) is 0 Å². The van der Waals surface area contributed by atoms with Crippen LogP contribution in [0, 0.1) is 0 Å². The van der Waals surface area contributed by atoms with Crippen molar-refractivity contribution < 1.29 is 0 Å². The number of rotatable bonds is 0. The van der Waals surface area contributed by atoms with Gasteiger partial charge in [-0.15, -0.1) is 0 Å². The number of allylic oxidation sites excluding steroid dienone is 2. The molecule has 0 aromatic carbocycles. The second-order valence-corrected chi connectivity index (χ2v) is 0.667.